The van der Waals surface area contributed by atoms with Crippen molar-refractivity contribution in [2.75, 3.05) is 7.11 Å². The van der Waals surface area contributed by atoms with Crippen LogP contribution in [0.25, 0.3) is 0 Å². The molecule has 7 heteroatoms. The first kappa shape index (κ1) is 20.9. The lowest BCUT2D eigenvalue weighted by atomic mass is 10.0. The largest absolute Gasteiger partial charge is 0.497 e. The Morgan fingerprint density at radius 3 is 2.09 bits per heavy atom. The second kappa shape index (κ2) is 9.18. The molecule has 0 spiro atoms. The molecular formula is C25H21N3O4. The van der Waals surface area contributed by atoms with Crippen molar-refractivity contribution in [3.05, 3.63) is 117 Å². The van der Waals surface area contributed by atoms with Gasteiger partial charge in [0.2, 0.25) is 0 Å². The first-order valence-corrected chi connectivity index (χ1v) is 9.92. The highest BCUT2D eigenvalue weighted by Crippen LogP contribution is 2.24. The monoisotopic (exact) mass is 427 g/mol. The molecule has 0 aliphatic heterocycles. The maximum atomic E-state index is 12.2. The van der Waals surface area contributed by atoms with E-state index in [1.54, 1.807) is 7.11 Å². The van der Waals surface area contributed by atoms with Gasteiger partial charge in [-0.3, -0.25) is 9.78 Å². The summed E-state index contributed by atoms with van der Waals surface area (Å²) in [6, 6.07) is 22.6. The van der Waals surface area contributed by atoms with E-state index in [-0.39, 0.29) is 5.69 Å². The van der Waals surface area contributed by atoms with Crippen molar-refractivity contribution < 1.29 is 9.47 Å². The number of methoxy groups -OCH3 is 1. The minimum atomic E-state index is -0.586. The molecule has 0 unspecified atom stereocenters. The van der Waals surface area contributed by atoms with Gasteiger partial charge in [-0.1, -0.05) is 12.1 Å². The number of rotatable bonds is 6. The third-order valence-corrected chi connectivity index (χ3v) is 4.75. The summed E-state index contributed by atoms with van der Waals surface area (Å²) in [6.07, 6.45) is 1.29. The number of H-pyrrole nitrogens is 2. The Morgan fingerprint density at radius 1 is 0.844 bits per heavy atom. The van der Waals surface area contributed by atoms with Crippen LogP contribution in [-0.2, 0) is 0 Å². The molecule has 0 bridgehead atoms. The first-order valence-electron chi connectivity index (χ1n) is 9.92. The average molecular weight is 427 g/mol. The third-order valence-electron chi connectivity index (χ3n) is 4.75. The van der Waals surface area contributed by atoms with Gasteiger partial charge in [-0.05, 0) is 73.2 Å². The zero-order chi connectivity index (χ0) is 22.5. The summed E-state index contributed by atoms with van der Waals surface area (Å²) in [4.78, 5) is 32.7. The number of aryl methyl sites for hydroxylation is 1. The third kappa shape index (κ3) is 4.84. The zero-order valence-electron chi connectivity index (χ0n) is 17.6. The number of nitrogens with one attached hydrogen (secondary N) is 2. The summed E-state index contributed by atoms with van der Waals surface area (Å²) >= 11 is 0. The predicted octanol–water partition coefficient (Wildman–Crippen LogP) is 4.34. The molecule has 4 aromatic rings. The van der Waals surface area contributed by atoms with E-state index in [9.17, 15) is 9.59 Å². The SMILES string of the molecule is COc1ccc(C(=Nc2c[nH]c(=O)[nH]c2=O)c2ccc(Oc3cccc(C)c3)cc2)cc1. The van der Waals surface area contributed by atoms with Crippen molar-refractivity contribution in [1.29, 1.82) is 0 Å². The highest BCUT2D eigenvalue weighted by atomic mass is 16.5. The van der Waals surface area contributed by atoms with E-state index in [4.69, 9.17) is 9.47 Å². The van der Waals surface area contributed by atoms with Crippen LogP contribution in [0.2, 0.25) is 0 Å². The minimum absolute atomic E-state index is 0.0931. The maximum absolute atomic E-state index is 12.2. The van der Waals surface area contributed by atoms with Gasteiger partial charge >= 0.3 is 5.69 Å². The predicted molar refractivity (Wildman–Crippen MR) is 124 cm³/mol. The molecule has 160 valence electrons. The average Bonchev–Trinajstić information content (AvgIpc) is 2.79. The Balaban J connectivity index is 1.72. The van der Waals surface area contributed by atoms with Crippen molar-refractivity contribution in [3.8, 4) is 17.2 Å². The van der Waals surface area contributed by atoms with Crippen LogP contribution in [0.5, 0.6) is 17.2 Å². The number of aromatic nitrogens is 2. The highest BCUT2D eigenvalue weighted by Gasteiger charge is 2.11. The molecule has 1 heterocycles. The molecule has 1 aromatic heterocycles. The number of benzene rings is 3. The number of nitrogens with zero attached hydrogens (tertiary/aromatic N) is 1. The highest BCUT2D eigenvalue weighted by molar-refractivity contribution is 6.14. The van der Waals surface area contributed by atoms with Gasteiger partial charge < -0.3 is 14.5 Å². The number of hydrogen-bond acceptors (Lipinski definition) is 5. The molecule has 0 aliphatic rings. The molecule has 2 N–H and O–H groups in total. The van der Waals surface area contributed by atoms with Gasteiger partial charge in [0, 0.05) is 17.3 Å². The van der Waals surface area contributed by atoms with E-state index in [0.29, 0.717) is 17.2 Å². The maximum Gasteiger partial charge on any atom is 0.325 e. The smallest absolute Gasteiger partial charge is 0.325 e. The molecule has 4 rings (SSSR count). The van der Waals surface area contributed by atoms with Crippen molar-refractivity contribution in [1.82, 2.24) is 9.97 Å². The van der Waals surface area contributed by atoms with Gasteiger partial charge in [-0.2, -0.15) is 0 Å². The van der Waals surface area contributed by atoms with Crippen LogP contribution in [-0.4, -0.2) is 22.8 Å². The summed E-state index contributed by atoms with van der Waals surface area (Å²) in [7, 11) is 1.59. The fourth-order valence-corrected chi connectivity index (χ4v) is 3.15. The zero-order valence-corrected chi connectivity index (χ0v) is 17.6. The molecule has 7 nitrogen and oxygen atoms in total. The van der Waals surface area contributed by atoms with E-state index in [1.807, 2.05) is 79.7 Å². The van der Waals surface area contributed by atoms with Crippen molar-refractivity contribution in [2.24, 2.45) is 4.99 Å². The second-order valence-corrected chi connectivity index (χ2v) is 7.09. The van der Waals surface area contributed by atoms with E-state index < -0.39 is 11.2 Å². The Bertz CT molecular complexity index is 1370. The Labute approximate surface area is 184 Å². The van der Waals surface area contributed by atoms with Crippen molar-refractivity contribution >= 4 is 11.4 Å². The fourth-order valence-electron chi connectivity index (χ4n) is 3.15. The fraction of sp³-hybridized carbons (Fsp3) is 0.0800. The van der Waals surface area contributed by atoms with Gasteiger partial charge in [-0.25, -0.2) is 9.79 Å². The van der Waals surface area contributed by atoms with Crippen molar-refractivity contribution in [2.45, 2.75) is 6.92 Å². The minimum Gasteiger partial charge on any atom is -0.497 e. The lowest BCUT2D eigenvalue weighted by molar-refractivity contribution is 0.415. The summed E-state index contributed by atoms with van der Waals surface area (Å²) in [5.41, 5.74) is 2.17. The van der Waals surface area contributed by atoms with Gasteiger partial charge in [0.05, 0.1) is 12.8 Å². The number of ether oxygens (including phenoxy) is 2. The Morgan fingerprint density at radius 2 is 1.50 bits per heavy atom. The summed E-state index contributed by atoms with van der Waals surface area (Å²) in [5, 5.41) is 0. The van der Waals surface area contributed by atoms with Crippen LogP contribution in [0, 0.1) is 6.92 Å². The Hall–Kier alpha value is -4.39. The molecule has 0 radical (unpaired) electrons. The quantitative estimate of drug-likeness (QED) is 0.447. The van der Waals surface area contributed by atoms with E-state index >= 15 is 0 Å². The van der Waals surface area contributed by atoms with Crippen LogP contribution in [0.1, 0.15) is 16.7 Å². The molecule has 0 aliphatic carbocycles. The summed E-state index contributed by atoms with van der Waals surface area (Å²) in [6.45, 7) is 2.01. The normalized spacial score (nSPS) is 11.2. The van der Waals surface area contributed by atoms with Crippen LogP contribution in [0.3, 0.4) is 0 Å². The molecule has 3 aromatic carbocycles. The van der Waals surface area contributed by atoms with Crippen molar-refractivity contribution in [3.63, 3.8) is 0 Å². The molecule has 0 saturated carbocycles. The number of aromatic amines is 2. The van der Waals surface area contributed by atoms with Crippen LogP contribution in [0.4, 0.5) is 5.69 Å². The van der Waals surface area contributed by atoms with Crippen LogP contribution < -0.4 is 20.7 Å². The lowest BCUT2D eigenvalue weighted by Gasteiger charge is -2.11. The second-order valence-electron chi connectivity index (χ2n) is 7.09. The van der Waals surface area contributed by atoms with Gasteiger partial charge in [0.25, 0.3) is 5.56 Å². The van der Waals surface area contributed by atoms with Gasteiger partial charge in [0.1, 0.15) is 22.9 Å². The van der Waals surface area contributed by atoms with Crippen LogP contribution in [0.15, 0.2) is 93.6 Å². The van der Waals surface area contributed by atoms with E-state index in [1.165, 1.54) is 6.20 Å². The topological polar surface area (TPSA) is 96.5 Å². The van der Waals surface area contributed by atoms with Crippen LogP contribution >= 0.6 is 0 Å². The summed E-state index contributed by atoms with van der Waals surface area (Å²) < 4.78 is 11.2. The standard InChI is InChI=1S/C25H21N3O4/c1-16-4-3-5-21(14-16)32-20-12-8-18(9-13-20)23(17-6-10-19(31-2)11-7-17)27-22-15-26-25(30)28-24(22)29/h3-15H,1-2H3,(H2,26,28,29,30). The van der Waals surface area contributed by atoms with E-state index in [2.05, 4.69) is 15.0 Å². The first-order chi connectivity index (χ1) is 15.5. The molecule has 32 heavy (non-hydrogen) atoms. The molecule has 0 atom stereocenters. The Kier molecular flexibility index (Phi) is 5.98. The summed E-state index contributed by atoms with van der Waals surface area (Å²) in [5.74, 6) is 2.13. The molecule has 0 amide bonds. The lowest BCUT2D eigenvalue weighted by Crippen LogP contribution is -2.21. The molecule has 0 saturated heterocycles. The number of aliphatic imine (C=N–C) groups is 1. The van der Waals surface area contributed by atoms with Gasteiger partial charge in [-0.15, -0.1) is 0 Å². The molecule has 0 fully saturated rings. The molecular weight excluding hydrogens is 406 g/mol. The van der Waals surface area contributed by atoms with E-state index in [0.717, 1.165) is 22.4 Å². The van der Waals surface area contributed by atoms with Gasteiger partial charge in [0.15, 0.2) is 0 Å². The number of hydrogen-bond donors (Lipinski definition) is 2.